The molecule has 0 amide bonds. The molecule has 0 aliphatic carbocycles. The lowest BCUT2D eigenvalue weighted by molar-refractivity contribution is 0.0683. The number of hydrogen-bond acceptors (Lipinski definition) is 3. The fourth-order valence-electron chi connectivity index (χ4n) is 0.737. The summed E-state index contributed by atoms with van der Waals surface area (Å²) in [5.41, 5.74) is 0.856. The van der Waals surface area contributed by atoms with E-state index in [1.807, 2.05) is 0 Å². The molecule has 0 unspecified atom stereocenters. The van der Waals surface area contributed by atoms with Crippen molar-refractivity contribution in [3.05, 3.63) is 36.4 Å². The average Bonchev–Trinajstić information content (AvgIpc) is 2.06. The van der Waals surface area contributed by atoms with Crippen LogP contribution in [0.2, 0.25) is 0 Å². The number of nitrogens with zero attached hydrogens (tertiary/aromatic N) is 2. The van der Waals surface area contributed by atoms with Crippen molar-refractivity contribution in [1.82, 2.24) is 9.97 Å². The van der Waals surface area contributed by atoms with Crippen LogP contribution in [0.15, 0.2) is 25.0 Å². The molecule has 0 bridgehead atoms. The molecule has 0 radical (unpaired) electrons. The number of aromatic nitrogens is 2. The van der Waals surface area contributed by atoms with Gasteiger partial charge in [0.2, 0.25) is 5.82 Å². The lowest BCUT2D eigenvalue weighted by Crippen LogP contribution is -2.03. The van der Waals surface area contributed by atoms with Gasteiger partial charge in [0.15, 0.2) is 0 Å². The van der Waals surface area contributed by atoms with Crippen molar-refractivity contribution >= 4 is 5.97 Å². The average molecular weight is 164 g/mol. The van der Waals surface area contributed by atoms with Gasteiger partial charge in [-0.2, -0.15) is 0 Å². The molecular formula is C8H8N2O2. The molecular weight excluding hydrogens is 156 g/mol. The second-order valence-electron chi connectivity index (χ2n) is 2.21. The first kappa shape index (κ1) is 8.39. The summed E-state index contributed by atoms with van der Waals surface area (Å²) in [4.78, 5) is 17.6. The van der Waals surface area contributed by atoms with Crippen molar-refractivity contribution in [3.8, 4) is 0 Å². The van der Waals surface area contributed by atoms with Crippen LogP contribution in [0.25, 0.3) is 0 Å². The molecule has 0 atom stereocenters. The van der Waals surface area contributed by atoms with Gasteiger partial charge in [-0.25, -0.2) is 14.8 Å². The fourth-order valence-corrected chi connectivity index (χ4v) is 0.737. The third-order valence-corrected chi connectivity index (χ3v) is 1.28. The first-order valence-electron chi connectivity index (χ1n) is 3.39. The zero-order valence-electron chi connectivity index (χ0n) is 6.40. The Bertz CT molecular complexity index is 292. The molecule has 1 rings (SSSR count). The van der Waals surface area contributed by atoms with E-state index >= 15 is 0 Å². The van der Waals surface area contributed by atoms with Crippen molar-refractivity contribution in [2.45, 2.75) is 6.42 Å². The quantitative estimate of drug-likeness (QED) is 0.674. The fraction of sp³-hybridized carbons (Fsp3) is 0.125. The number of carboxylic acids is 1. The molecule has 1 N–H and O–H groups in total. The second-order valence-corrected chi connectivity index (χ2v) is 2.21. The molecule has 62 valence electrons. The molecule has 0 aliphatic heterocycles. The maximum atomic E-state index is 10.3. The highest BCUT2D eigenvalue weighted by molar-refractivity contribution is 5.82. The second kappa shape index (κ2) is 3.61. The van der Waals surface area contributed by atoms with Crippen molar-refractivity contribution in [2.24, 2.45) is 0 Å². The zero-order chi connectivity index (χ0) is 8.97. The summed E-state index contributed by atoms with van der Waals surface area (Å²) >= 11 is 0. The highest BCUT2D eigenvalue weighted by Crippen LogP contribution is 1.97. The Morgan fingerprint density at radius 2 is 2.17 bits per heavy atom. The van der Waals surface area contributed by atoms with Gasteiger partial charge < -0.3 is 5.11 Å². The molecule has 0 spiro atoms. The van der Waals surface area contributed by atoms with Crippen molar-refractivity contribution in [2.75, 3.05) is 0 Å². The van der Waals surface area contributed by atoms with Gasteiger partial charge >= 0.3 is 5.97 Å². The van der Waals surface area contributed by atoms with E-state index in [0.717, 1.165) is 5.56 Å². The van der Waals surface area contributed by atoms with Gasteiger partial charge in [-0.1, -0.05) is 6.08 Å². The Morgan fingerprint density at radius 1 is 1.58 bits per heavy atom. The van der Waals surface area contributed by atoms with Gasteiger partial charge in [-0.05, 0) is 12.0 Å². The summed E-state index contributed by atoms with van der Waals surface area (Å²) in [6.07, 6.45) is 5.33. The van der Waals surface area contributed by atoms with Crippen LogP contribution >= 0.6 is 0 Å². The molecule has 0 fully saturated rings. The maximum Gasteiger partial charge on any atom is 0.373 e. The minimum absolute atomic E-state index is 0.178. The SMILES string of the molecule is C=CCc1cnc(C(=O)O)nc1. The van der Waals surface area contributed by atoms with E-state index in [4.69, 9.17) is 5.11 Å². The highest BCUT2D eigenvalue weighted by Gasteiger charge is 2.04. The minimum atomic E-state index is -1.11. The lowest BCUT2D eigenvalue weighted by atomic mass is 10.2. The first-order valence-corrected chi connectivity index (χ1v) is 3.39. The van der Waals surface area contributed by atoms with Crippen molar-refractivity contribution in [1.29, 1.82) is 0 Å². The summed E-state index contributed by atoms with van der Waals surface area (Å²) in [6, 6.07) is 0. The van der Waals surface area contributed by atoms with E-state index < -0.39 is 5.97 Å². The van der Waals surface area contributed by atoms with Gasteiger partial charge in [0.1, 0.15) is 0 Å². The van der Waals surface area contributed by atoms with E-state index in [1.165, 1.54) is 12.4 Å². The Kier molecular flexibility index (Phi) is 2.53. The van der Waals surface area contributed by atoms with Gasteiger partial charge in [-0.15, -0.1) is 6.58 Å². The summed E-state index contributed by atoms with van der Waals surface area (Å²) < 4.78 is 0. The van der Waals surface area contributed by atoms with Gasteiger partial charge in [0.25, 0.3) is 0 Å². The lowest BCUT2D eigenvalue weighted by Gasteiger charge is -1.94. The van der Waals surface area contributed by atoms with Gasteiger partial charge in [-0.3, -0.25) is 0 Å². The molecule has 1 aromatic heterocycles. The van der Waals surface area contributed by atoms with Crippen LogP contribution in [0.3, 0.4) is 0 Å². The number of hydrogen-bond donors (Lipinski definition) is 1. The van der Waals surface area contributed by atoms with Crippen LogP contribution in [0.1, 0.15) is 16.2 Å². The van der Waals surface area contributed by atoms with Crippen LogP contribution in [-0.2, 0) is 6.42 Å². The molecule has 4 nitrogen and oxygen atoms in total. The molecule has 1 heterocycles. The standard InChI is InChI=1S/C8H8N2O2/c1-2-3-6-4-9-7(8(11)12)10-5-6/h2,4-5H,1,3H2,(H,11,12). The highest BCUT2D eigenvalue weighted by atomic mass is 16.4. The number of allylic oxidation sites excluding steroid dienone is 1. The summed E-state index contributed by atoms with van der Waals surface area (Å²) in [5, 5.41) is 8.46. The third kappa shape index (κ3) is 1.88. The number of rotatable bonds is 3. The van der Waals surface area contributed by atoms with E-state index in [0.29, 0.717) is 6.42 Å². The summed E-state index contributed by atoms with van der Waals surface area (Å²) in [7, 11) is 0. The normalized spacial score (nSPS) is 9.33. The van der Waals surface area contributed by atoms with Crippen molar-refractivity contribution in [3.63, 3.8) is 0 Å². The largest absolute Gasteiger partial charge is 0.475 e. The smallest absolute Gasteiger partial charge is 0.373 e. The molecule has 1 aromatic rings. The van der Waals surface area contributed by atoms with Crippen LogP contribution in [-0.4, -0.2) is 21.0 Å². The molecule has 0 saturated carbocycles. The first-order chi connectivity index (χ1) is 5.74. The topological polar surface area (TPSA) is 63.1 Å². The Labute approximate surface area is 69.6 Å². The molecule has 0 aromatic carbocycles. The number of aromatic carboxylic acids is 1. The Hall–Kier alpha value is -1.71. The van der Waals surface area contributed by atoms with Crippen LogP contribution in [0.4, 0.5) is 0 Å². The van der Waals surface area contributed by atoms with E-state index in [2.05, 4.69) is 16.5 Å². The number of carbonyl (C=O) groups is 1. The molecule has 12 heavy (non-hydrogen) atoms. The summed E-state index contributed by atoms with van der Waals surface area (Å²) in [5.74, 6) is -1.29. The Morgan fingerprint density at radius 3 is 2.58 bits per heavy atom. The maximum absolute atomic E-state index is 10.3. The van der Waals surface area contributed by atoms with Gasteiger partial charge in [0.05, 0.1) is 0 Å². The van der Waals surface area contributed by atoms with E-state index in [-0.39, 0.29) is 5.82 Å². The number of carboxylic acid groups (broad SMARTS) is 1. The third-order valence-electron chi connectivity index (χ3n) is 1.28. The molecule has 0 aliphatic rings. The predicted molar refractivity (Wildman–Crippen MR) is 42.9 cm³/mol. The van der Waals surface area contributed by atoms with Crippen LogP contribution < -0.4 is 0 Å². The Balaban J connectivity index is 2.85. The van der Waals surface area contributed by atoms with Crippen molar-refractivity contribution < 1.29 is 9.90 Å². The van der Waals surface area contributed by atoms with Crippen LogP contribution in [0, 0.1) is 0 Å². The van der Waals surface area contributed by atoms with E-state index in [9.17, 15) is 4.79 Å². The van der Waals surface area contributed by atoms with E-state index in [1.54, 1.807) is 6.08 Å². The zero-order valence-corrected chi connectivity index (χ0v) is 6.40. The monoisotopic (exact) mass is 164 g/mol. The molecule has 0 saturated heterocycles. The van der Waals surface area contributed by atoms with Gasteiger partial charge in [0, 0.05) is 12.4 Å². The minimum Gasteiger partial charge on any atom is -0.475 e. The summed E-state index contributed by atoms with van der Waals surface area (Å²) in [6.45, 7) is 3.54. The van der Waals surface area contributed by atoms with Crippen LogP contribution in [0.5, 0.6) is 0 Å². The molecule has 4 heteroatoms. The predicted octanol–water partition coefficient (Wildman–Crippen LogP) is 0.903.